The minimum atomic E-state index is -0.195. The first-order valence-corrected chi connectivity index (χ1v) is 5.10. The van der Waals surface area contributed by atoms with Crippen LogP contribution in [0.4, 0.5) is 0 Å². The number of aliphatic hydroxyl groups is 1. The third-order valence-electron chi connectivity index (χ3n) is 2.05. The van der Waals surface area contributed by atoms with E-state index in [1.54, 1.807) is 0 Å². The van der Waals surface area contributed by atoms with E-state index in [2.05, 4.69) is 8.75 Å². The van der Waals surface area contributed by atoms with Crippen molar-refractivity contribution in [2.24, 2.45) is 5.73 Å². The van der Waals surface area contributed by atoms with Crippen LogP contribution in [0.25, 0.3) is 11.0 Å². The normalized spacial score (nSPS) is 13.3. The molecule has 0 saturated carbocycles. The molecule has 1 unspecified atom stereocenters. The number of aliphatic hydroxyl groups excluding tert-OH is 1. The zero-order valence-electron chi connectivity index (χ0n) is 7.55. The Morgan fingerprint density at radius 3 is 2.93 bits per heavy atom. The standard InChI is InChI=1S/C9H11N3OS/c10-7(5-13)3-6-1-2-8-9(4-6)12-14-11-8/h1-2,4,7,13H,3,5,10H2. The smallest absolute Gasteiger partial charge is 0.105 e. The fraction of sp³-hybridized carbons (Fsp3) is 0.333. The van der Waals surface area contributed by atoms with Crippen molar-refractivity contribution in [1.29, 1.82) is 0 Å². The molecular weight excluding hydrogens is 198 g/mol. The summed E-state index contributed by atoms with van der Waals surface area (Å²) in [5.74, 6) is 0. The molecule has 0 fully saturated rings. The van der Waals surface area contributed by atoms with Gasteiger partial charge in [0.15, 0.2) is 0 Å². The topological polar surface area (TPSA) is 72.0 Å². The van der Waals surface area contributed by atoms with Gasteiger partial charge in [0.25, 0.3) is 0 Å². The second kappa shape index (κ2) is 4.00. The average molecular weight is 209 g/mol. The first kappa shape index (κ1) is 9.51. The van der Waals surface area contributed by atoms with Gasteiger partial charge in [-0.3, -0.25) is 0 Å². The van der Waals surface area contributed by atoms with E-state index in [1.165, 1.54) is 11.7 Å². The summed E-state index contributed by atoms with van der Waals surface area (Å²) in [7, 11) is 0. The Labute approximate surface area is 85.7 Å². The third kappa shape index (κ3) is 1.89. The third-order valence-corrected chi connectivity index (χ3v) is 2.61. The number of aromatic nitrogens is 2. The van der Waals surface area contributed by atoms with Crippen LogP contribution in [0, 0.1) is 0 Å². The van der Waals surface area contributed by atoms with Gasteiger partial charge in [0.2, 0.25) is 0 Å². The molecule has 2 aromatic rings. The van der Waals surface area contributed by atoms with Crippen molar-refractivity contribution >= 4 is 22.8 Å². The van der Waals surface area contributed by atoms with Crippen molar-refractivity contribution in [2.75, 3.05) is 6.61 Å². The molecule has 0 amide bonds. The summed E-state index contributed by atoms with van der Waals surface area (Å²) < 4.78 is 8.25. The van der Waals surface area contributed by atoms with Crippen LogP contribution < -0.4 is 5.73 Å². The Morgan fingerprint density at radius 1 is 1.36 bits per heavy atom. The van der Waals surface area contributed by atoms with E-state index >= 15 is 0 Å². The first-order valence-electron chi connectivity index (χ1n) is 4.37. The average Bonchev–Trinajstić information content (AvgIpc) is 2.64. The highest BCUT2D eigenvalue weighted by Crippen LogP contribution is 2.14. The molecule has 1 aromatic heterocycles. The molecule has 1 heterocycles. The van der Waals surface area contributed by atoms with Gasteiger partial charge in [0, 0.05) is 6.04 Å². The number of hydrogen-bond acceptors (Lipinski definition) is 5. The van der Waals surface area contributed by atoms with Crippen LogP contribution in [0.5, 0.6) is 0 Å². The quantitative estimate of drug-likeness (QED) is 0.774. The summed E-state index contributed by atoms with van der Waals surface area (Å²) in [5, 5.41) is 8.82. The van der Waals surface area contributed by atoms with E-state index in [-0.39, 0.29) is 12.6 Å². The van der Waals surface area contributed by atoms with Gasteiger partial charge in [0.1, 0.15) is 11.0 Å². The molecule has 5 heteroatoms. The number of hydrogen-bond donors (Lipinski definition) is 2. The van der Waals surface area contributed by atoms with E-state index in [0.717, 1.165) is 16.6 Å². The maximum Gasteiger partial charge on any atom is 0.105 e. The SMILES string of the molecule is NC(CO)Cc1ccc2nsnc2c1. The molecule has 0 saturated heterocycles. The zero-order chi connectivity index (χ0) is 9.97. The van der Waals surface area contributed by atoms with Gasteiger partial charge in [-0.05, 0) is 24.1 Å². The predicted octanol–water partition coefficient (Wildman–Crippen LogP) is 0.553. The highest BCUT2D eigenvalue weighted by molar-refractivity contribution is 7.00. The predicted molar refractivity (Wildman–Crippen MR) is 56.2 cm³/mol. The van der Waals surface area contributed by atoms with Gasteiger partial charge in [-0.2, -0.15) is 8.75 Å². The van der Waals surface area contributed by atoms with Crippen LogP contribution in [-0.2, 0) is 6.42 Å². The summed E-state index contributed by atoms with van der Waals surface area (Å²) in [4.78, 5) is 0. The summed E-state index contributed by atoms with van der Waals surface area (Å²) in [6, 6.07) is 5.67. The molecule has 0 aliphatic heterocycles. The Hall–Kier alpha value is -1.04. The second-order valence-corrected chi connectivity index (χ2v) is 3.76. The highest BCUT2D eigenvalue weighted by Gasteiger charge is 2.04. The van der Waals surface area contributed by atoms with E-state index in [9.17, 15) is 0 Å². The Morgan fingerprint density at radius 2 is 2.14 bits per heavy atom. The zero-order valence-corrected chi connectivity index (χ0v) is 8.37. The molecule has 3 N–H and O–H groups in total. The minimum Gasteiger partial charge on any atom is -0.395 e. The van der Waals surface area contributed by atoms with Gasteiger partial charge < -0.3 is 10.8 Å². The van der Waals surface area contributed by atoms with Crippen LogP contribution in [0.2, 0.25) is 0 Å². The molecule has 4 nitrogen and oxygen atoms in total. The summed E-state index contributed by atoms with van der Waals surface area (Å²) in [5.41, 5.74) is 8.54. The van der Waals surface area contributed by atoms with Gasteiger partial charge in [-0.25, -0.2) is 0 Å². The highest BCUT2D eigenvalue weighted by atomic mass is 32.1. The monoisotopic (exact) mass is 209 g/mol. The molecule has 0 spiro atoms. The fourth-order valence-electron chi connectivity index (χ4n) is 1.32. The Bertz CT molecular complexity index is 429. The van der Waals surface area contributed by atoms with Gasteiger partial charge in [-0.1, -0.05) is 6.07 Å². The Balaban J connectivity index is 2.25. The lowest BCUT2D eigenvalue weighted by Crippen LogP contribution is -2.26. The van der Waals surface area contributed by atoms with E-state index in [1.807, 2.05) is 18.2 Å². The van der Waals surface area contributed by atoms with Crippen LogP contribution in [-0.4, -0.2) is 26.5 Å². The van der Waals surface area contributed by atoms with Crippen molar-refractivity contribution in [3.05, 3.63) is 23.8 Å². The molecule has 0 aliphatic rings. The molecule has 74 valence electrons. The minimum absolute atomic E-state index is 0.00729. The van der Waals surface area contributed by atoms with Gasteiger partial charge in [-0.15, -0.1) is 0 Å². The van der Waals surface area contributed by atoms with Gasteiger partial charge in [0.05, 0.1) is 18.3 Å². The molecular formula is C9H11N3OS. The van der Waals surface area contributed by atoms with Crippen molar-refractivity contribution in [3.8, 4) is 0 Å². The Kier molecular flexibility index (Phi) is 2.72. The summed E-state index contributed by atoms with van der Waals surface area (Å²) in [6.45, 7) is 0.00729. The van der Waals surface area contributed by atoms with E-state index < -0.39 is 0 Å². The van der Waals surface area contributed by atoms with Crippen molar-refractivity contribution in [3.63, 3.8) is 0 Å². The van der Waals surface area contributed by atoms with Crippen LogP contribution in [0.3, 0.4) is 0 Å². The largest absolute Gasteiger partial charge is 0.395 e. The molecule has 1 aromatic carbocycles. The lowest BCUT2D eigenvalue weighted by Gasteiger charge is -2.06. The molecule has 0 radical (unpaired) electrons. The van der Waals surface area contributed by atoms with Crippen molar-refractivity contribution < 1.29 is 5.11 Å². The molecule has 2 rings (SSSR count). The van der Waals surface area contributed by atoms with Crippen molar-refractivity contribution in [1.82, 2.24) is 8.75 Å². The summed E-state index contributed by atoms with van der Waals surface area (Å²) in [6.07, 6.45) is 0.671. The maximum absolute atomic E-state index is 8.82. The second-order valence-electron chi connectivity index (χ2n) is 3.23. The fourth-order valence-corrected chi connectivity index (χ4v) is 1.84. The molecule has 0 bridgehead atoms. The number of rotatable bonds is 3. The number of nitrogens with zero attached hydrogens (tertiary/aromatic N) is 2. The maximum atomic E-state index is 8.82. The van der Waals surface area contributed by atoms with Crippen LogP contribution in [0.1, 0.15) is 5.56 Å². The number of benzene rings is 1. The first-order chi connectivity index (χ1) is 6.79. The van der Waals surface area contributed by atoms with Crippen LogP contribution in [0.15, 0.2) is 18.2 Å². The molecule has 14 heavy (non-hydrogen) atoms. The number of nitrogens with two attached hydrogens (primary N) is 1. The lowest BCUT2D eigenvalue weighted by atomic mass is 10.1. The van der Waals surface area contributed by atoms with Crippen LogP contribution >= 0.6 is 11.7 Å². The summed E-state index contributed by atoms with van der Waals surface area (Å²) >= 11 is 1.21. The van der Waals surface area contributed by atoms with E-state index in [0.29, 0.717) is 6.42 Å². The number of fused-ring (bicyclic) bond motifs is 1. The van der Waals surface area contributed by atoms with Gasteiger partial charge >= 0.3 is 0 Å². The van der Waals surface area contributed by atoms with E-state index in [4.69, 9.17) is 10.8 Å². The lowest BCUT2D eigenvalue weighted by molar-refractivity contribution is 0.265. The molecule has 1 atom stereocenters. The molecule has 0 aliphatic carbocycles. The van der Waals surface area contributed by atoms with Crippen molar-refractivity contribution in [2.45, 2.75) is 12.5 Å².